The molecular weight excluding hydrogens is 262 g/mol. The van der Waals surface area contributed by atoms with Gasteiger partial charge in [0.15, 0.2) is 0 Å². The molecular formula is C17H27N3O. The van der Waals surface area contributed by atoms with E-state index in [9.17, 15) is 4.79 Å². The van der Waals surface area contributed by atoms with E-state index in [1.165, 1.54) is 0 Å². The summed E-state index contributed by atoms with van der Waals surface area (Å²) in [5.74, 6) is 0.508. The number of amides is 1. The van der Waals surface area contributed by atoms with E-state index < -0.39 is 0 Å². The molecule has 3 unspecified atom stereocenters. The van der Waals surface area contributed by atoms with E-state index in [4.69, 9.17) is 0 Å². The molecule has 0 bridgehead atoms. The van der Waals surface area contributed by atoms with Gasteiger partial charge >= 0.3 is 0 Å². The molecule has 21 heavy (non-hydrogen) atoms. The maximum absolute atomic E-state index is 12.8. The number of carbonyl (C=O) groups is 1. The summed E-state index contributed by atoms with van der Waals surface area (Å²) in [6.07, 6.45) is -0.0268. The second-order valence-corrected chi connectivity index (χ2v) is 6.56. The van der Waals surface area contributed by atoms with E-state index >= 15 is 0 Å². The molecule has 1 saturated heterocycles. The highest BCUT2D eigenvalue weighted by molar-refractivity contribution is 5.85. The minimum Gasteiger partial charge on any atom is -0.318 e. The molecule has 116 valence electrons. The number of rotatable bonds is 5. The van der Waals surface area contributed by atoms with E-state index in [2.05, 4.69) is 43.1 Å². The first-order chi connectivity index (χ1) is 9.91. The van der Waals surface area contributed by atoms with Crippen LogP contribution >= 0.6 is 0 Å². The fourth-order valence-electron chi connectivity index (χ4n) is 3.07. The number of nitrogens with one attached hydrogen (secondary N) is 1. The van der Waals surface area contributed by atoms with Gasteiger partial charge in [-0.15, -0.1) is 0 Å². The Kier molecular flexibility index (Phi) is 5.01. The average Bonchev–Trinajstić information content (AvgIpc) is 2.77. The highest BCUT2D eigenvalue weighted by Gasteiger charge is 2.43. The zero-order valence-electron chi connectivity index (χ0n) is 13.7. The summed E-state index contributed by atoms with van der Waals surface area (Å²) >= 11 is 0. The largest absolute Gasteiger partial charge is 0.318 e. The number of benzene rings is 1. The molecule has 0 radical (unpaired) electrons. The van der Waals surface area contributed by atoms with Gasteiger partial charge in [-0.1, -0.05) is 44.2 Å². The zero-order valence-corrected chi connectivity index (χ0v) is 13.7. The monoisotopic (exact) mass is 289 g/mol. The van der Waals surface area contributed by atoms with Crippen LogP contribution in [0.1, 0.15) is 32.5 Å². The molecule has 1 heterocycles. The molecule has 0 spiro atoms. The topological polar surface area (TPSA) is 35.6 Å². The van der Waals surface area contributed by atoms with Crippen molar-refractivity contribution in [3.8, 4) is 0 Å². The summed E-state index contributed by atoms with van der Waals surface area (Å²) < 4.78 is 0. The lowest BCUT2D eigenvalue weighted by Gasteiger charge is -2.32. The van der Waals surface area contributed by atoms with Gasteiger partial charge in [0.25, 0.3) is 0 Å². The second-order valence-electron chi connectivity index (χ2n) is 6.56. The molecule has 3 atom stereocenters. The van der Waals surface area contributed by atoms with Crippen LogP contribution in [0, 0.1) is 5.92 Å². The molecule has 1 aliphatic heterocycles. The molecule has 1 aromatic rings. The number of nitrogens with zero attached hydrogens (tertiary/aromatic N) is 2. The van der Waals surface area contributed by atoms with Crippen molar-refractivity contribution in [1.82, 2.24) is 15.1 Å². The molecule has 1 aliphatic rings. The number of hydrogen-bond donors (Lipinski definition) is 1. The van der Waals surface area contributed by atoms with Gasteiger partial charge in [0.2, 0.25) is 5.91 Å². The maximum Gasteiger partial charge on any atom is 0.241 e. The van der Waals surface area contributed by atoms with Crippen LogP contribution in [-0.2, 0) is 4.79 Å². The molecule has 4 heteroatoms. The lowest BCUT2D eigenvalue weighted by atomic mass is 10.0. The Morgan fingerprint density at radius 2 is 1.81 bits per heavy atom. The minimum atomic E-state index is -0.0974. The smallest absolute Gasteiger partial charge is 0.241 e. The highest BCUT2D eigenvalue weighted by Crippen LogP contribution is 2.30. The molecule has 0 saturated carbocycles. The first-order valence-electron chi connectivity index (χ1n) is 7.69. The first kappa shape index (κ1) is 16.0. The van der Waals surface area contributed by atoms with Crippen molar-refractivity contribution < 1.29 is 4.79 Å². The lowest BCUT2D eigenvalue weighted by Crippen LogP contribution is -2.44. The second kappa shape index (κ2) is 6.58. The van der Waals surface area contributed by atoms with Crippen molar-refractivity contribution in [1.29, 1.82) is 0 Å². The summed E-state index contributed by atoms with van der Waals surface area (Å²) in [7, 11) is 4.09. The molecule has 1 amide bonds. The molecule has 1 aromatic carbocycles. The number of carbonyl (C=O) groups excluding carboxylic acids is 1. The summed E-state index contributed by atoms with van der Waals surface area (Å²) in [6, 6.07) is 10.3. The quantitative estimate of drug-likeness (QED) is 0.901. The Hall–Kier alpha value is -1.39. The standard InChI is InChI=1S/C17H27N3O/c1-12(2)15-17(21)20(13(3)11-19(4)5)16(18-15)14-9-7-6-8-10-14/h6-10,12-13,15-16,18H,11H2,1-5H3. The Bertz CT molecular complexity index is 472. The van der Waals surface area contributed by atoms with Gasteiger partial charge in [-0.25, -0.2) is 0 Å². The average molecular weight is 289 g/mol. The van der Waals surface area contributed by atoms with Gasteiger partial charge in [0.1, 0.15) is 6.17 Å². The van der Waals surface area contributed by atoms with E-state index in [1.54, 1.807) is 0 Å². The Balaban J connectivity index is 2.29. The molecule has 1 N–H and O–H groups in total. The van der Waals surface area contributed by atoms with Crippen LogP contribution < -0.4 is 5.32 Å². The Morgan fingerprint density at radius 3 is 2.33 bits per heavy atom. The van der Waals surface area contributed by atoms with Gasteiger partial charge < -0.3 is 9.80 Å². The van der Waals surface area contributed by atoms with Crippen LogP contribution in [0.15, 0.2) is 30.3 Å². The first-order valence-corrected chi connectivity index (χ1v) is 7.69. The van der Waals surface area contributed by atoms with Crippen LogP contribution in [-0.4, -0.2) is 48.4 Å². The Morgan fingerprint density at radius 1 is 1.19 bits per heavy atom. The third-order valence-electron chi connectivity index (χ3n) is 4.02. The van der Waals surface area contributed by atoms with Crippen LogP contribution in [0.4, 0.5) is 0 Å². The van der Waals surface area contributed by atoms with Crippen molar-refractivity contribution in [3.05, 3.63) is 35.9 Å². The summed E-state index contributed by atoms with van der Waals surface area (Å²) in [5, 5.41) is 3.52. The molecule has 0 aromatic heterocycles. The van der Waals surface area contributed by atoms with Gasteiger partial charge in [-0.2, -0.15) is 0 Å². The number of likely N-dealkylation sites (N-methyl/N-ethyl adjacent to an activating group) is 1. The van der Waals surface area contributed by atoms with E-state index in [0.717, 1.165) is 12.1 Å². The van der Waals surface area contributed by atoms with Crippen molar-refractivity contribution >= 4 is 5.91 Å². The van der Waals surface area contributed by atoms with Crippen LogP contribution in [0.5, 0.6) is 0 Å². The molecule has 2 rings (SSSR count). The maximum atomic E-state index is 12.8. The zero-order chi connectivity index (χ0) is 15.6. The summed E-state index contributed by atoms with van der Waals surface area (Å²) in [4.78, 5) is 16.9. The van der Waals surface area contributed by atoms with E-state index in [0.29, 0.717) is 5.92 Å². The van der Waals surface area contributed by atoms with E-state index in [1.807, 2.05) is 37.2 Å². The van der Waals surface area contributed by atoms with Crippen molar-refractivity contribution in [2.75, 3.05) is 20.6 Å². The minimum absolute atomic E-state index is 0.0268. The van der Waals surface area contributed by atoms with Crippen LogP contribution in [0.25, 0.3) is 0 Å². The van der Waals surface area contributed by atoms with Gasteiger partial charge in [-0.3, -0.25) is 10.1 Å². The predicted molar refractivity (Wildman–Crippen MR) is 85.8 cm³/mol. The van der Waals surface area contributed by atoms with Crippen molar-refractivity contribution in [3.63, 3.8) is 0 Å². The third kappa shape index (κ3) is 3.44. The van der Waals surface area contributed by atoms with Crippen LogP contribution in [0.2, 0.25) is 0 Å². The third-order valence-corrected chi connectivity index (χ3v) is 4.02. The molecule has 4 nitrogen and oxygen atoms in total. The normalized spacial score (nSPS) is 24.1. The Labute approximate surface area is 128 Å². The van der Waals surface area contributed by atoms with Crippen LogP contribution in [0.3, 0.4) is 0 Å². The van der Waals surface area contributed by atoms with Gasteiger partial charge in [-0.05, 0) is 32.5 Å². The SMILES string of the molecule is CC(C)C1NC(c2ccccc2)N(C(C)CN(C)C)C1=O. The molecule has 0 aliphatic carbocycles. The van der Waals surface area contributed by atoms with Gasteiger partial charge in [0.05, 0.1) is 6.04 Å². The highest BCUT2D eigenvalue weighted by atomic mass is 16.2. The van der Waals surface area contributed by atoms with Crippen molar-refractivity contribution in [2.45, 2.75) is 39.0 Å². The summed E-state index contributed by atoms with van der Waals surface area (Å²) in [6.45, 7) is 7.18. The number of hydrogen-bond acceptors (Lipinski definition) is 3. The van der Waals surface area contributed by atoms with Gasteiger partial charge in [0, 0.05) is 12.6 Å². The van der Waals surface area contributed by atoms with Crippen molar-refractivity contribution in [2.24, 2.45) is 5.92 Å². The summed E-state index contributed by atoms with van der Waals surface area (Å²) in [5.41, 5.74) is 1.15. The molecule has 1 fully saturated rings. The fourth-order valence-corrected chi connectivity index (χ4v) is 3.07. The predicted octanol–water partition coefficient (Wildman–Crippen LogP) is 2.09. The fraction of sp³-hybridized carbons (Fsp3) is 0.588. The lowest BCUT2D eigenvalue weighted by molar-refractivity contribution is -0.133. The van der Waals surface area contributed by atoms with E-state index in [-0.39, 0.29) is 24.2 Å².